The van der Waals surface area contributed by atoms with Crippen molar-refractivity contribution >= 4 is 103 Å². The zero-order chi connectivity index (χ0) is 103. The van der Waals surface area contributed by atoms with Crippen molar-refractivity contribution in [1.29, 1.82) is 0 Å². The van der Waals surface area contributed by atoms with Crippen LogP contribution >= 0.6 is 7.82 Å². The van der Waals surface area contributed by atoms with Crippen LogP contribution in [0.4, 0.5) is 4.79 Å². The number of phosphoric acid groups is 1. The standard InChI is InChI=1S/C88H128N5O43P/c1-40(2)25-24-27-41(3)28-29-43(5)32-35-87(18,19)34-23-22-26-42(4)33-36-115-60(80(109)114-21)39-118-137(112,113)136-85-75(76(135-86(90)110)88(20,111)77(134-85)78(89)107)133-82-63(92-46(8)95)68(122-50(12)99)65(59(128-82)38-117-83-73(126-54(16)103)69(123-51(13)100)66(120-48(10)97)58(129-83)37-116-47(9)96)131-81-62(91-45(7)94)67(121-49(11)98)64(44(6)119-81)130-84-74(127-55(17)104)71(125-53(15)102)70(124-52(14)101)72(132-84)79(108)93-61-56(105)30-31-57(61)106/h23,25,28,33-34,44,58-60,62-77,81-85,105,111H,5,22,24,26-27,29-32,35-39H2,1-4,6-21H3,(H2,89,107)(H2,90,110)(H,91,94)(H,92,95)(H,93,108)(H,112,113)/b34-23+,41-28+,42-33-/t44?,58?,59?,60-,62+,63+,64-,65-,66-,67?,68?,69?,70-,71?,72?,73+,74+,75?,76-,77?,81+,82+,83-,84-,85-,88+/m1/s1. The van der Waals surface area contributed by atoms with Gasteiger partial charge in [0.05, 0.1) is 33.0 Å². The second-order valence-electron chi connectivity index (χ2n) is 34.3. The predicted molar refractivity (Wildman–Crippen MR) is 462 cm³/mol. The van der Waals surface area contributed by atoms with Gasteiger partial charge in [0.25, 0.3) is 5.91 Å². The Hall–Kier alpha value is -10.6. The van der Waals surface area contributed by atoms with Crippen LogP contribution < -0.4 is 27.4 Å². The number of nitrogens with one attached hydrogen (secondary N) is 3. The fourth-order valence-corrected chi connectivity index (χ4v) is 16.2. The van der Waals surface area contributed by atoms with Gasteiger partial charge in [-0.3, -0.25) is 76.2 Å². The maximum absolute atomic E-state index is 14.7. The topological polar surface area (TPSA) is 651 Å². The highest BCUT2D eigenvalue weighted by atomic mass is 31.2. The molecule has 5 amide bonds. The lowest BCUT2D eigenvalue weighted by Crippen LogP contribution is -2.73. The Morgan fingerprint density at radius 2 is 1.05 bits per heavy atom. The minimum atomic E-state index is -5.98. The van der Waals surface area contributed by atoms with Gasteiger partial charge in [-0.25, -0.2) is 14.2 Å². The number of esters is 10. The van der Waals surface area contributed by atoms with Crippen LogP contribution in [0.2, 0.25) is 0 Å². The number of aliphatic hydroxyl groups is 2. The van der Waals surface area contributed by atoms with Gasteiger partial charge in [0, 0.05) is 89.0 Å². The largest absolute Gasteiger partial charge is 0.510 e. The van der Waals surface area contributed by atoms with E-state index in [1.54, 1.807) is 13.0 Å². The van der Waals surface area contributed by atoms with E-state index in [2.05, 4.69) is 75.4 Å². The molecule has 0 bridgehead atoms. The van der Waals surface area contributed by atoms with Crippen LogP contribution in [0.25, 0.3) is 0 Å². The van der Waals surface area contributed by atoms with Gasteiger partial charge in [0.1, 0.15) is 60.2 Å². The number of carbonyl (C=O) groups excluding carboxylic acids is 16. The van der Waals surface area contributed by atoms with Crippen LogP contribution in [0.3, 0.4) is 0 Å². The van der Waals surface area contributed by atoms with E-state index in [1.807, 2.05) is 6.08 Å². The smallest absolute Gasteiger partial charge is 0.474 e. The van der Waals surface area contributed by atoms with E-state index in [9.17, 15) is 96.4 Å². The first-order chi connectivity index (χ1) is 63.9. The number of ether oxygens (including phenoxy) is 21. The molecule has 1 aliphatic carbocycles. The normalized spacial score (nSPS) is 30.2. The van der Waals surface area contributed by atoms with Crippen LogP contribution in [0.15, 0.2) is 70.7 Å². The van der Waals surface area contributed by atoms with Gasteiger partial charge in [0.2, 0.25) is 17.7 Å². The second kappa shape index (κ2) is 52.4. The molecule has 0 radical (unpaired) electrons. The van der Waals surface area contributed by atoms with E-state index in [0.29, 0.717) is 12.8 Å². The molecule has 5 aliphatic heterocycles. The van der Waals surface area contributed by atoms with Gasteiger partial charge in [-0.05, 0) is 91.9 Å². The number of phosphoric ester groups is 1. The van der Waals surface area contributed by atoms with E-state index in [1.165, 1.54) is 18.1 Å². The van der Waals surface area contributed by atoms with E-state index in [4.69, 9.17) is 120 Å². The molecular formula is C88H128N5O43P. The number of hydrogen-bond acceptors (Lipinski definition) is 42. The van der Waals surface area contributed by atoms with Crippen molar-refractivity contribution in [2.45, 2.75) is 348 Å². The number of primary amides is 2. The van der Waals surface area contributed by atoms with Crippen molar-refractivity contribution in [2.24, 2.45) is 16.9 Å². The molecule has 0 aromatic rings. The summed E-state index contributed by atoms with van der Waals surface area (Å²) in [5.74, 6) is -18.0. The molecule has 48 nitrogen and oxygen atoms in total. The number of aliphatic hydroxyl groups excluding tert-OH is 1. The summed E-state index contributed by atoms with van der Waals surface area (Å²) >= 11 is 0. The minimum Gasteiger partial charge on any atom is -0.510 e. The van der Waals surface area contributed by atoms with Gasteiger partial charge in [-0.2, -0.15) is 0 Å². The molecule has 0 spiro atoms. The average molecular weight is 1970 g/mol. The quantitative estimate of drug-likeness (QED) is 0.0188. The Labute approximate surface area is 790 Å². The zero-order valence-corrected chi connectivity index (χ0v) is 80.9. The SMILES string of the molecule is C=C(C/C=C(\C)CCC=C(C)C)CCC(C)(C)/C=C/CC/C(C)=C\CO[C@H](COP(=O)(O)O[C@H]1OC(C(N)=O)[C@@](C)(O)[C@H](OC(N)=O)C1O[C@@H]1OC(CO[C@@H]2OC(COC(C)=O)[C@@H](OC(C)=O)C(OC(C)=O)[C@@H]2OC(C)=O)[C@@H](O[C@@H]2OC(C)[C@@H](O[C@@H]3OC(C(=O)NC4=C(O)CCC4=O)[C@H](OC(C)=O)C(OC(C)=O)[C@@H]3OC(C)=O)C(OC(C)=O)[C@@H]2NC(C)=O)C(OC(C)=O)[C@@H]1NC(C)=O)C(=O)OC. The summed E-state index contributed by atoms with van der Waals surface area (Å²) in [4.78, 5) is 226. The maximum atomic E-state index is 14.7. The number of nitrogens with two attached hydrogens (primary N) is 2. The average Bonchev–Trinajstić information content (AvgIpc) is 1.30. The van der Waals surface area contributed by atoms with E-state index in [0.717, 1.165) is 133 Å². The number of methoxy groups -OCH3 is 1. The Morgan fingerprint density at radius 1 is 0.562 bits per heavy atom. The first-order valence-electron chi connectivity index (χ1n) is 43.7. The highest BCUT2D eigenvalue weighted by Crippen LogP contribution is 2.50. The third kappa shape index (κ3) is 35.4. The summed E-state index contributed by atoms with van der Waals surface area (Å²) in [6, 6.07) is -4.33. The molecule has 0 saturated carbocycles. The highest BCUT2D eigenvalue weighted by Gasteiger charge is 2.65. The highest BCUT2D eigenvalue weighted by molar-refractivity contribution is 7.47. The number of ketones is 1. The molecule has 10 N–H and O–H groups in total. The number of amides is 5. The summed E-state index contributed by atoms with van der Waals surface area (Å²) < 4.78 is 150. The molecule has 137 heavy (non-hydrogen) atoms. The molecule has 0 aromatic carbocycles. The maximum Gasteiger partial charge on any atom is 0.474 e. The van der Waals surface area contributed by atoms with Gasteiger partial charge in [0.15, 0.2) is 117 Å². The lowest BCUT2D eigenvalue weighted by molar-refractivity contribution is -0.375. The zero-order valence-electron chi connectivity index (χ0n) is 80.0. The molecule has 6 aliphatic rings. The Kier molecular flexibility index (Phi) is 44.1. The summed E-state index contributed by atoms with van der Waals surface area (Å²) in [5, 5.41) is 30.3. The fourth-order valence-electron chi connectivity index (χ4n) is 15.4. The number of rotatable bonds is 46. The third-order valence-electron chi connectivity index (χ3n) is 21.6. The van der Waals surface area contributed by atoms with Crippen LogP contribution in [-0.4, -0.2) is 303 Å². The van der Waals surface area contributed by atoms with Crippen LogP contribution in [0.5, 0.6) is 0 Å². The number of hydrogen-bond donors (Lipinski definition) is 8. The molecule has 5 saturated heterocycles. The van der Waals surface area contributed by atoms with Gasteiger partial charge in [-0.1, -0.05) is 73.1 Å². The summed E-state index contributed by atoms with van der Waals surface area (Å²) in [6.07, 6.45) is -37.5. The van der Waals surface area contributed by atoms with Gasteiger partial charge in [-0.15, -0.1) is 0 Å². The van der Waals surface area contributed by atoms with Crippen LogP contribution in [0.1, 0.15) is 189 Å². The molecule has 11 unspecified atom stereocenters. The van der Waals surface area contributed by atoms with E-state index < -0.39 is 293 Å². The molecule has 0 aromatic heterocycles. The summed E-state index contributed by atoms with van der Waals surface area (Å²) in [7, 11) is -5.02. The van der Waals surface area contributed by atoms with Crippen molar-refractivity contribution in [1.82, 2.24) is 16.0 Å². The Bertz CT molecular complexity index is 4560. The first-order valence-corrected chi connectivity index (χ1v) is 45.2. The number of carbonyl (C=O) groups is 16. The molecule has 49 heteroatoms. The van der Waals surface area contributed by atoms with E-state index >= 15 is 0 Å². The van der Waals surface area contributed by atoms with Crippen molar-refractivity contribution < 1.29 is 205 Å². The van der Waals surface area contributed by atoms with Gasteiger partial charge < -0.3 is 142 Å². The van der Waals surface area contributed by atoms with Crippen LogP contribution in [-0.2, 0) is 185 Å². The minimum absolute atomic E-state index is 0.178. The summed E-state index contributed by atoms with van der Waals surface area (Å²) in [5.41, 5.74) is 12.1. The predicted octanol–water partition coefficient (Wildman–Crippen LogP) is 3.20. The van der Waals surface area contributed by atoms with Crippen molar-refractivity contribution in [3.63, 3.8) is 0 Å². The number of Topliss-reactive ketones (excluding diaryl/α,β-unsaturated/α-hetero) is 1. The van der Waals surface area contributed by atoms with E-state index in [-0.39, 0.29) is 24.9 Å². The lowest BCUT2D eigenvalue weighted by atomic mass is 9.85. The molecule has 6 rings (SSSR count). The van der Waals surface area contributed by atoms with Gasteiger partial charge >= 0.3 is 73.6 Å². The third-order valence-corrected chi connectivity index (χ3v) is 22.5. The summed E-state index contributed by atoms with van der Waals surface area (Å²) in [6.45, 7) is 24.6. The van der Waals surface area contributed by atoms with Crippen molar-refractivity contribution in [3.05, 3.63) is 70.7 Å². The fraction of sp³-hybridized carbons (Fsp3) is 0.682. The van der Waals surface area contributed by atoms with Crippen molar-refractivity contribution in [3.8, 4) is 0 Å². The second-order valence-corrected chi connectivity index (χ2v) is 35.7. The first kappa shape index (κ1) is 115. The Morgan fingerprint density at radius 3 is 1.58 bits per heavy atom. The molecular weight excluding hydrogens is 1850 g/mol. The number of allylic oxidation sites excluding steroid dienone is 10. The lowest BCUT2D eigenvalue weighted by Gasteiger charge is -2.52. The molecule has 5 heterocycles. The molecule has 768 valence electrons. The Balaban J connectivity index is 1.49. The van der Waals surface area contributed by atoms with Crippen LogP contribution in [0, 0.1) is 5.41 Å². The molecule has 5 fully saturated rings. The monoisotopic (exact) mass is 1970 g/mol. The van der Waals surface area contributed by atoms with Crippen molar-refractivity contribution in [2.75, 3.05) is 33.5 Å². The molecule has 27 atom stereocenters.